The number of benzene rings is 1. The minimum atomic E-state index is 0.187. The van der Waals surface area contributed by atoms with Gasteiger partial charge in [-0.25, -0.2) is 0 Å². The highest BCUT2D eigenvalue weighted by Crippen LogP contribution is 2.56. The van der Waals surface area contributed by atoms with Crippen LogP contribution < -0.4 is 16.0 Å². The summed E-state index contributed by atoms with van der Waals surface area (Å²) in [7, 11) is 0. The first-order valence-electron chi connectivity index (χ1n) is 12.6. The molecule has 4 aliphatic rings. The normalized spacial score (nSPS) is 28.2. The molecule has 3 N–H and O–H groups in total. The van der Waals surface area contributed by atoms with Crippen LogP contribution in [0.25, 0.3) is 0 Å². The van der Waals surface area contributed by atoms with Crippen LogP contribution in [0.5, 0.6) is 0 Å². The van der Waals surface area contributed by atoms with Gasteiger partial charge in [-0.2, -0.15) is 15.0 Å². The predicted octanol–water partition coefficient (Wildman–Crippen LogP) is 5.36. The number of hydrogen-bond acceptors (Lipinski definition) is 6. The molecule has 6 nitrogen and oxygen atoms in total. The molecule has 172 valence electrons. The average molecular weight is 435 g/mol. The van der Waals surface area contributed by atoms with Crippen LogP contribution in [0.2, 0.25) is 0 Å². The van der Waals surface area contributed by atoms with Gasteiger partial charge in [0.2, 0.25) is 17.8 Å². The fourth-order valence-corrected chi connectivity index (χ4v) is 6.53. The zero-order chi connectivity index (χ0) is 22.0. The third kappa shape index (κ3) is 5.16. The minimum absolute atomic E-state index is 0.187. The Morgan fingerprint density at radius 2 is 1.38 bits per heavy atom. The number of aromatic nitrogens is 3. The van der Waals surface area contributed by atoms with Gasteiger partial charge < -0.3 is 16.0 Å². The second-order valence-electron chi connectivity index (χ2n) is 10.9. The topological polar surface area (TPSA) is 74.8 Å². The summed E-state index contributed by atoms with van der Waals surface area (Å²) in [4.78, 5) is 14.3. The second-order valence-corrected chi connectivity index (χ2v) is 10.9. The number of rotatable bonds is 10. The largest absolute Gasteiger partial charge is 0.354 e. The van der Waals surface area contributed by atoms with E-state index in [0.29, 0.717) is 17.8 Å². The fourth-order valence-electron chi connectivity index (χ4n) is 6.53. The molecule has 1 heterocycles. The Morgan fingerprint density at radius 3 is 1.97 bits per heavy atom. The third-order valence-electron chi connectivity index (χ3n) is 7.60. The highest BCUT2D eigenvalue weighted by Gasteiger charge is 2.51. The Balaban J connectivity index is 1.29. The molecule has 2 aromatic rings. The molecule has 0 unspecified atom stereocenters. The lowest BCUT2D eigenvalue weighted by molar-refractivity contribution is 0.0103. The highest BCUT2D eigenvalue weighted by atomic mass is 15.3. The van der Waals surface area contributed by atoms with Crippen molar-refractivity contribution < 1.29 is 0 Å². The first kappa shape index (κ1) is 21.5. The third-order valence-corrected chi connectivity index (χ3v) is 7.60. The van der Waals surface area contributed by atoms with E-state index in [1.807, 2.05) is 0 Å². The maximum Gasteiger partial charge on any atom is 0.229 e. The van der Waals surface area contributed by atoms with Crippen LogP contribution in [0, 0.1) is 23.7 Å². The Bertz CT molecular complexity index is 861. The summed E-state index contributed by atoms with van der Waals surface area (Å²) in [6.45, 7) is 6.16. The van der Waals surface area contributed by atoms with E-state index in [4.69, 9.17) is 9.97 Å². The molecule has 0 spiro atoms. The van der Waals surface area contributed by atoms with Crippen LogP contribution in [0.1, 0.15) is 64.4 Å². The van der Waals surface area contributed by atoms with Gasteiger partial charge in [0.05, 0.1) is 0 Å². The van der Waals surface area contributed by atoms with Crippen molar-refractivity contribution in [2.24, 2.45) is 23.7 Å². The molecule has 6 heteroatoms. The van der Waals surface area contributed by atoms with Gasteiger partial charge in [-0.05, 0) is 80.6 Å². The van der Waals surface area contributed by atoms with Gasteiger partial charge in [-0.1, -0.05) is 44.2 Å². The maximum atomic E-state index is 4.80. The van der Waals surface area contributed by atoms with E-state index >= 15 is 0 Å². The summed E-state index contributed by atoms with van der Waals surface area (Å²) >= 11 is 0. The molecule has 4 saturated carbocycles. The van der Waals surface area contributed by atoms with Crippen LogP contribution >= 0.6 is 0 Å². The van der Waals surface area contributed by atoms with Crippen LogP contribution in [0.15, 0.2) is 30.3 Å². The van der Waals surface area contributed by atoms with Gasteiger partial charge >= 0.3 is 0 Å². The van der Waals surface area contributed by atoms with Crippen molar-refractivity contribution in [2.45, 2.75) is 70.8 Å². The number of nitrogens with one attached hydrogen (secondary N) is 3. The number of anilines is 3. The minimum Gasteiger partial charge on any atom is -0.354 e. The van der Waals surface area contributed by atoms with Crippen molar-refractivity contribution in [3.05, 3.63) is 35.9 Å². The molecule has 0 atom stereocenters. The van der Waals surface area contributed by atoms with Gasteiger partial charge in [0.1, 0.15) is 0 Å². The van der Waals surface area contributed by atoms with Crippen LogP contribution in [0.4, 0.5) is 17.8 Å². The van der Waals surface area contributed by atoms with E-state index in [2.05, 4.69) is 65.1 Å². The SMILES string of the molecule is CC(C)CCNc1nc(NCCc2ccccc2)nc(NC23CC4CC(CC(C4)C2)C3)n1. The molecular formula is C26H38N6. The summed E-state index contributed by atoms with van der Waals surface area (Å²) in [6.07, 6.45) is 10.2. The highest BCUT2D eigenvalue weighted by molar-refractivity contribution is 5.44. The quantitative estimate of drug-likeness (QED) is 0.467. The van der Waals surface area contributed by atoms with Gasteiger partial charge in [0, 0.05) is 18.6 Å². The van der Waals surface area contributed by atoms with Crippen molar-refractivity contribution in [3.63, 3.8) is 0 Å². The zero-order valence-electron chi connectivity index (χ0n) is 19.6. The van der Waals surface area contributed by atoms with E-state index < -0.39 is 0 Å². The second kappa shape index (κ2) is 9.24. The van der Waals surface area contributed by atoms with Crippen LogP contribution in [-0.4, -0.2) is 33.6 Å². The summed E-state index contributed by atoms with van der Waals surface area (Å²) in [6, 6.07) is 10.5. The average Bonchev–Trinajstić information content (AvgIpc) is 2.73. The molecule has 0 radical (unpaired) electrons. The van der Waals surface area contributed by atoms with Gasteiger partial charge in [-0.3, -0.25) is 0 Å². The van der Waals surface area contributed by atoms with Crippen molar-refractivity contribution in [1.29, 1.82) is 0 Å². The molecule has 4 bridgehead atoms. The summed E-state index contributed by atoms with van der Waals surface area (Å²) in [5.74, 6) is 5.40. The van der Waals surface area contributed by atoms with Gasteiger partial charge in [-0.15, -0.1) is 0 Å². The van der Waals surface area contributed by atoms with E-state index in [9.17, 15) is 0 Å². The van der Waals surface area contributed by atoms with Gasteiger partial charge in [0.25, 0.3) is 0 Å². The fraction of sp³-hybridized carbons (Fsp3) is 0.654. The van der Waals surface area contributed by atoms with E-state index in [-0.39, 0.29) is 5.54 Å². The molecule has 32 heavy (non-hydrogen) atoms. The molecule has 0 saturated heterocycles. The molecule has 0 amide bonds. The number of hydrogen-bond donors (Lipinski definition) is 3. The van der Waals surface area contributed by atoms with Crippen molar-refractivity contribution in [2.75, 3.05) is 29.0 Å². The summed E-state index contributed by atoms with van der Waals surface area (Å²) < 4.78 is 0. The summed E-state index contributed by atoms with van der Waals surface area (Å²) in [5, 5.41) is 10.7. The first-order valence-corrected chi connectivity index (χ1v) is 12.6. The van der Waals surface area contributed by atoms with Crippen molar-refractivity contribution in [3.8, 4) is 0 Å². The Morgan fingerprint density at radius 1 is 0.812 bits per heavy atom. The van der Waals surface area contributed by atoms with Crippen molar-refractivity contribution >= 4 is 17.8 Å². The standard InChI is InChI=1S/C26H38N6/c1-18(2)8-10-27-23-29-24(28-11-9-19-6-4-3-5-7-19)31-25(30-23)32-26-15-20-12-21(16-26)14-22(13-20)17-26/h3-7,18,20-22H,8-17H2,1-2H3,(H3,27,28,29,30,31,32). The molecule has 6 rings (SSSR count). The predicted molar refractivity (Wildman–Crippen MR) is 131 cm³/mol. The molecule has 0 aliphatic heterocycles. The first-order chi connectivity index (χ1) is 15.6. The number of nitrogens with zero attached hydrogens (tertiary/aromatic N) is 3. The zero-order valence-corrected chi connectivity index (χ0v) is 19.6. The lowest BCUT2D eigenvalue weighted by atomic mass is 9.53. The Hall–Kier alpha value is -2.37. The molecule has 1 aromatic heterocycles. The summed E-state index contributed by atoms with van der Waals surface area (Å²) in [5.41, 5.74) is 1.50. The van der Waals surface area contributed by atoms with Crippen molar-refractivity contribution in [1.82, 2.24) is 15.0 Å². The van der Waals surface area contributed by atoms with Crippen LogP contribution in [-0.2, 0) is 6.42 Å². The molecular weight excluding hydrogens is 396 g/mol. The maximum absolute atomic E-state index is 4.80. The molecule has 4 aliphatic carbocycles. The monoisotopic (exact) mass is 434 g/mol. The Labute approximate surface area is 192 Å². The lowest BCUT2D eigenvalue weighted by Crippen LogP contribution is -2.55. The molecule has 1 aromatic carbocycles. The van der Waals surface area contributed by atoms with Gasteiger partial charge in [0.15, 0.2) is 0 Å². The lowest BCUT2D eigenvalue weighted by Gasteiger charge is -2.56. The van der Waals surface area contributed by atoms with E-state index in [1.54, 1.807) is 0 Å². The van der Waals surface area contributed by atoms with E-state index in [1.165, 1.54) is 44.1 Å². The smallest absolute Gasteiger partial charge is 0.229 e. The van der Waals surface area contributed by atoms with E-state index in [0.717, 1.165) is 49.6 Å². The molecule has 4 fully saturated rings. The Kier molecular flexibility index (Phi) is 6.20. The van der Waals surface area contributed by atoms with Crippen LogP contribution in [0.3, 0.4) is 0 Å².